The number of halogens is 1. The zero-order valence-corrected chi connectivity index (χ0v) is 10.4. The number of thiazole rings is 1. The van der Waals surface area contributed by atoms with Crippen LogP contribution < -0.4 is 27.7 Å². The standard InChI is InChI=1S/C9H7N3O2S.BrH/c10-9-11-8(5-15-9)6-2-1-3-7(4-6)12(13)14;/h1-5H,(H2,10,11);1H. The molecule has 0 aliphatic heterocycles. The lowest BCUT2D eigenvalue weighted by Crippen LogP contribution is -3.00. The van der Waals surface area contributed by atoms with Gasteiger partial charge in [-0.1, -0.05) is 23.5 Å². The van der Waals surface area contributed by atoms with Gasteiger partial charge in [-0.2, -0.15) is 0 Å². The number of aromatic nitrogens is 1. The zero-order valence-electron chi connectivity index (χ0n) is 8.01. The first-order valence-corrected chi connectivity index (χ1v) is 5.06. The highest BCUT2D eigenvalue weighted by Crippen LogP contribution is 2.23. The van der Waals surface area contributed by atoms with Gasteiger partial charge in [-0.3, -0.25) is 15.8 Å². The van der Waals surface area contributed by atoms with E-state index in [2.05, 4.69) is 4.98 Å². The molecule has 1 heterocycles. The number of nitrogen functional groups attached to an aromatic ring is 1. The van der Waals surface area contributed by atoms with Crippen LogP contribution in [0, 0.1) is 10.1 Å². The minimum atomic E-state index is -0.417. The predicted molar refractivity (Wildman–Crippen MR) is 57.4 cm³/mol. The first kappa shape index (κ1) is 12.6. The summed E-state index contributed by atoms with van der Waals surface area (Å²) in [5, 5.41) is 13.0. The minimum Gasteiger partial charge on any atom is -1.00 e. The summed E-state index contributed by atoms with van der Waals surface area (Å²) < 4.78 is 0. The van der Waals surface area contributed by atoms with E-state index in [0.29, 0.717) is 5.13 Å². The molecule has 0 saturated heterocycles. The molecule has 0 bridgehead atoms. The van der Waals surface area contributed by atoms with E-state index in [0.717, 1.165) is 11.3 Å². The van der Waals surface area contributed by atoms with Gasteiger partial charge in [0, 0.05) is 23.1 Å². The molecular formula is C9H8BrN3O2S. The highest BCUT2D eigenvalue weighted by Gasteiger charge is 2.10. The second kappa shape index (κ2) is 5.04. The number of hydrogen-bond donors (Lipinski definition) is 1. The van der Waals surface area contributed by atoms with Crippen molar-refractivity contribution in [3.8, 4) is 11.3 Å². The van der Waals surface area contributed by atoms with Crippen molar-refractivity contribution in [2.75, 3.05) is 5.73 Å². The minimum absolute atomic E-state index is 0. The quantitative estimate of drug-likeness (QED) is 0.554. The van der Waals surface area contributed by atoms with Crippen LogP contribution >= 0.6 is 11.3 Å². The van der Waals surface area contributed by atoms with Crippen LogP contribution in [-0.2, 0) is 0 Å². The molecule has 0 atom stereocenters. The Hall–Kier alpha value is -1.47. The van der Waals surface area contributed by atoms with Gasteiger partial charge in [0.2, 0.25) is 0 Å². The second-order valence-electron chi connectivity index (χ2n) is 2.95. The van der Waals surface area contributed by atoms with E-state index in [9.17, 15) is 10.1 Å². The van der Waals surface area contributed by atoms with Crippen LogP contribution in [0.2, 0.25) is 0 Å². The van der Waals surface area contributed by atoms with Gasteiger partial charge in [0.1, 0.15) is 5.69 Å². The SMILES string of the molecule is Nc1[nH+]c(-c2cccc([N+](=O)[O-])c2)cs1.[Br-]. The van der Waals surface area contributed by atoms with Gasteiger partial charge in [0.15, 0.2) is 0 Å². The Kier molecular flexibility index (Phi) is 3.97. The zero-order chi connectivity index (χ0) is 10.8. The first-order valence-electron chi connectivity index (χ1n) is 4.18. The van der Waals surface area contributed by atoms with Crippen LogP contribution in [0.25, 0.3) is 11.3 Å². The average Bonchev–Trinajstić information content (AvgIpc) is 2.65. The van der Waals surface area contributed by atoms with Crippen molar-refractivity contribution in [3.05, 3.63) is 39.8 Å². The van der Waals surface area contributed by atoms with E-state index in [1.165, 1.54) is 23.5 Å². The maximum Gasteiger partial charge on any atom is 0.329 e. The Labute approximate surface area is 106 Å². The Morgan fingerprint density at radius 2 is 2.19 bits per heavy atom. The first-order chi connectivity index (χ1) is 7.16. The highest BCUT2D eigenvalue weighted by atomic mass is 79.9. The number of nitrogens with one attached hydrogen (secondary N) is 1. The van der Waals surface area contributed by atoms with E-state index < -0.39 is 4.92 Å². The number of benzene rings is 1. The van der Waals surface area contributed by atoms with Crippen LogP contribution in [0.3, 0.4) is 0 Å². The molecule has 7 heteroatoms. The lowest BCUT2D eigenvalue weighted by atomic mass is 10.1. The fourth-order valence-corrected chi connectivity index (χ4v) is 1.85. The molecule has 3 N–H and O–H groups in total. The van der Waals surface area contributed by atoms with Crippen LogP contribution in [0.5, 0.6) is 0 Å². The van der Waals surface area contributed by atoms with Crippen molar-refractivity contribution in [2.45, 2.75) is 0 Å². The number of nitrogens with zero attached hydrogens (tertiary/aromatic N) is 1. The predicted octanol–water partition coefficient (Wildman–Crippen LogP) is -1.28. The number of nitro benzene ring substituents is 1. The largest absolute Gasteiger partial charge is 1.00 e. The summed E-state index contributed by atoms with van der Waals surface area (Å²) in [5.74, 6) is 0. The Morgan fingerprint density at radius 1 is 1.44 bits per heavy atom. The van der Waals surface area contributed by atoms with Crippen LogP contribution in [0.1, 0.15) is 0 Å². The summed E-state index contributed by atoms with van der Waals surface area (Å²) in [6.45, 7) is 0. The third-order valence-corrected chi connectivity index (χ3v) is 2.64. The normalized spacial score (nSPS) is 9.50. The summed E-state index contributed by atoms with van der Waals surface area (Å²) in [6, 6.07) is 6.41. The Bertz CT molecular complexity index is 515. The maximum absolute atomic E-state index is 10.6. The number of rotatable bonds is 2. The maximum atomic E-state index is 10.6. The molecule has 0 spiro atoms. The fourth-order valence-electron chi connectivity index (χ4n) is 1.24. The second-order valence-corrected chi connectivity index (χ2v) is 3.86. The molecule has 84 valence electrons. The molecule has 0 fully saturated rings. The number of anilines is 1. The molecular weight excluding hydrogens is 294 g/mol. The fraction of sp³-hybridized carbons (Fsp3) is 0. The molecule has 0 amide bonds. The van der Waals surface area contributed by atoms with Crippen LogP contribution in [0.15, 0.2) is 29.6 Å². The van der Waals surface area contributed by atoms with Crippen molar-refractivity contribution >= 4 is 22.2 Å². The monoisotopic (exact) mass is 301 g/mol. The van der Waals surface area contributed by atoms with Gasteiger partial charge in [0.25, 0.3) is 5.69 Å². The molecule has 16 heavy (non-hydrogen) atoms. The van der Waals surface area contributed by atoms with Gasteiger partial charge < -0.3 is 17.0 Å². The molecule has 5 nitrogen and oxygen atoms in total. The summed E-state index contributed by atoms with van der Waals surface area (Å²) in [4.78, 5) is 13.1. The smallest absolute Gasteiger partial charge is 0.329 e. The molecule has 2 aromatic rings. The number of nitro groups is 1. The average molecular weight is 302 g/mol. The number of H-pyrrole nitrogens is 1. The molecule has 0 saturated carbocycles. The van der Waals surface area contributed by atoms with Gasteiger partial charge in [0.05, 0.1) is 4.92 Å². The topological polar surface area (TPSA) is 83.3 Å². The third-order valence-electron chi connectivity index (χ3n) is 1.93. The van der Waals surface area contributed by atoms with E-state index >= 15 is 0 Å². The summed E-state index contributed by atoms with van der Waals surface area (Å²) in [5.41, 5.74) is 7.17. The molecule has 2 rings (SSSR count). The van der Waals surface area contributed by atoms with E-state index in [1.807, 2.05) is 5.38 Å². The Morgan fingerprint density at radius 3 is 2.75 bits per heavy atom. The van der Waals surface area contributed by atoms with E-state index in [-0.39, 0.29) is 22.7 Å². The van der Waals surface area contributed by atoms with Gasteiger partial charge in [-0.05, 0) is 0 Å². The van der Waals surface area contributed by atoms with Gasteiger partial charge >= 0.3 is 5.13 Å². The Balaban J connectivity index is 0.00000128. The van der Waals surface area contributed by atoms with Gasteiger partial charge in [-0.15, -0.1) is 0 Å². The molecule has 0 aliphatic rings. The number of aromatic amines is 1. The summed E-state index contributed by atoms with van der Waals surface area (Å²) in [6.07, 6.45) is 0. The molecule has 0 aliphatic carbocycles. The van der Waals surface area contributed by atoms with Crippen molar-refractivity contribution in [2.24, 2.45) is 0 Å². The van der Waals surface area contributed by atoms with Crippen molar-refractivity contribution in [1.29, 1.82) is 0 Å². The van der Waals surface area contributed by atoms with Crippen LogP contribution in [-0.4, -0.2) is 4.92 Å². The van der Waals surface area contributed by atoms with Crippen molar-refractivity contribution in [3.63, 3.8) is 0 Å². The number of non-ortho nitro benzene ring substituents is 1. The highest BCUT2D eigenvalue weighted by molar-refractivity contribution is 7.13. The summed E-state index contributed by atoms with van der Waals surface area (Å²) >= 11 is 1.37. The third kappa shape index (κ3) is 2.56. The lowest BCUT2D eigenvalue weighted by molar-refractivity contribution is -0.385. The molecule has 0 radical (unpaired) electrons. The van der Waals surface area contributed by atoms with E-state index in [4.69, 9.17) is 5.73 Å². The summed E-state index contributed by atoms with van der Waals surface area (Å²) in [7, 11) is 0. The van der Waals surface area contributed by atoms with Crippen molar-refractivity contribution < 1.29 is 26.9 Å². The number of hydrogen-bond acceptors (Lipinski definition) is 4. The lowest BCUT2D eigenvalue weighted by Gasteiger charge is -1.94. The van der Waals surface area contributed by atoms with Gasteiger partial charge in [-0.25, -0.2) is 4.98 Å². The molecule has 0 unspecified atom stereocenters. The molecule has 1 aromatic carbocycles. The van der Waals surface area contributed by atoms with E-state index in [1.54, 1.807) is 12.1 Å². The van der Waals surface area contributed by atoms with Crippen LogP contribution in [0.4, 0.5) is 10.8 Å². The number of nitrogens with two attached hydrogens (primary N) is 1. The van der Waals surface area contributed by atoms with Crippen molar-refractivity contribution in [1.82, 2.24) is 0 Å². The molecule has 1 aromatic heterocycles.